The van der Waals surface area contributed by atoms with Gasteiger partial charge in [-0.05, 0) is 43.0 Å². The monoisotopic (exact) mass is 287 g/mol. The van der Waals surface area contributed by atoms with Crippen molar-refractivity contribution in [2.45, 2.75) is 31.3 Å². The normalized spacial score (nSPS) is 26.2. The lowest BCUT2D eigenvalue weighted by atomic mass is 9.93. The molecule has 3 N–H and O–H groups in total. The number of H-pyrrole nitrogens is 1. The Kier molecular flexibility index (Phi) is 3.14. The molecule has 3 heterocycles. The topological polar surface area (TPSA) is 63.5 Å². The summed E-state index contributed by atoms with van der Waals surface area (Å²) < 4.78 is 5.36. The average Bonchev–Trinajstić information content (AvgIpc) is 2.77. The van der Waals surface area contributed by atoms with Gasteiger partial charge in [0.15, 0.2) is 0 Å². The number of methoxy groups -OCH3 is 1. The van der Waals surface area contributed by atoms with Gasteiger partial charge in [0, 0.05) is 29.2 Å². The maximum atomic E-state index is 6.42. The van der Waals surface area contributed by atoms with Gasteiger partial charge in [0.2, 0.25) is 0 Å². The molecule has 1 aromatic heterocycles. The first-order valence-electron chi connectivity index (χ1n) is 7.61. The SMILES string of the molecule is COc1ccc2[nH]c3c(c2c1)CCN1OCCC[C@@H](N)[C@@H]31. The molecule has 0 aliphatic carbocycles. The highest BCUT2D eigenvalue weighted by molar-refractivity contribution is 5.86. The van der Waals surface area contributed by atoms with Gasteiger partial charge in [-0.3, -0.25) is 4.84 Å². The molecular formula is C16H21N3O2. The molecule has 2 aliphatic heterocycles. The Balaban J connectivity index is 1.85. The fraction of sp³-hybridized carbons (Fsp3) is 0.500. The fourth-order valence-corrected chi connectivity index (χ4v) is 3.63. The molecule has 0 saturated carbocycles. The molecule has 21 heavy (non-hydrogen) atoms. The predicted molar refractivity (Wildman–Crippen MR) is 81.2 cm³/mol. The van der Waals surface area contributed by atoms with Gasteiger partial charge in [-0.1, -0.05) is 0 Å². The summed E-state index contributed by atoms with van der Waals surface area (Å²) in [5.41, 5.74) is 10.2. The van der Waals surface area contributed by atoms with E-state index in [4.69, 9.17) is 15.3 Å². The minimum atomic E-state index is 0.113. The number of hydrogen-bond acceptors (Lipinski definition) is 4. The minimum absolute atomic E-state index is 0.113. The third-order valence-electron chi connectivity index (χ3n) is 4.68. The second-order valence-corrected chi connectivity index (χ2v) is 5.90. The van der Waals surface area contributed by atoms with E-state index in [1.807, 2.05) is 6.07 Å². The molecule has 4 rings (SSSR count). The van der Waals surface area contributed by atoms with Crippen LogP contribution in [0.25, 0.3) is 10.9 Å². The number of nitrogens with zero attached hydrogens (tertiary/aromatic N) is 1. The van der Waals surface area contributed by atoms with Crippen LogP contribution in [0, 0.1) is 0 Å². The van der Waals surface area contributed by atoms with Crippen molar-refractivity contribution in [1.29, 1.82) is 0 Å². The second-order valence-electron chi connectivity index (χ2n) is 5.90. The molecule has 0 radical (unpaired) electrons. The lowest BCUT2D eigenvalue weighted by Gasteiger charge is -2.35. The van der Waals surface area contributed by atoms with E-state index in [-0.39, 0.29) is 12.1 Å². The Bertz CT molecular complexity index is 667. The number of fused-ring (bicyclic) bond motifs is 5. The third kappa shape index (κ3) is 2.04. The number of ether oxygens (including phenoxy) is 1. The number of nitrogens with one attached hydrogen (secondary N) is 1. The molecule has 112 valence electrons. The standard InChI is InChI=1S/C16H21N3O2/c1-20-10-4-5-14-12(9-10)11-6-7-19-16(15(11)18-14)13(17)3-2-8-21-19/h4-5,9,13,16,18H,2-3,6-8,17H2,1H3/t13-,16+/m1/s1. The molecule has 1 fully saturated rings. The highest BCUT2D eigenvalue weighted by Crippen LogP contribution is 2.38. The number of nitrogens with two attached hydrogens (primary N) is 1. The van der Waals surface area contributed by atoms with Crippen LogP contribution in [0.2, 0.25) is 0 Å². The van der Waals surface area contributed by atoms with Crippen LogP contribution in [0.4, 0.5) is 0 Å². The van der Waals surface area contributed by atoms with Crippen molar-refractivity contribution in [2.75, 3.05) is 20.3 Å². The van der Waals surface area contributed by atoms with Crippen molar-refractivity contribution in [3.05, 3.63) is 29.5 Å². The van der Waals surface area contributed by atoms with Gasteiger partial charge < -0.3 is 15.5 Å². The van der Waals surface area contributed by atoms with Crippen molar-refractivity contribution in [2.24, 2.45) is 5.73 Å². The van der Waals surface area contributed by atoms with Crippen molar-refractivity contribution in [1.82, 2.24) is 10.0 Å². The van der Waals surface area contributed by atoms with Gasteiger partial charge >= 0.3 is 0 Å². The van der Waals surface area contributed by atoms with Gasteiger partial charge in [0.25, 0.3) is 0 Å². The zero-order valence-corrected chi connectivity index (χ0v) is 12.3. The third-order valence-corrected chi connectivity index (χ3v) is 4.68. The van der Waals surface area contributed by atoms with Gasteiger partial charge in [0.1, 0.15) is 5.75 Å². The molecular weight excluding hydrogens is 266 g/mol. The van der Waals surface area contributed by atoms with Crippen LogP contribution in [0.1, 0.15) is 30.1 Å². The highest BCUT2D eigenvalue weighted by Gasteiger charge is 2.36. The van der Waals surface area contributed by atoms with E-state index in [1.165, 1.54) is 16.6 Å². The van der Waals surface area contributed by atoms with Crippen LogP contribution in [0.5, 0.6) is 5.75 Å². The molecule has 0 unspecified atom stereocenters. The van der Waals surface area contributed by atoms with Crippen molar-refractivity contribution in [3.63, 3.8) is 0 Å². The molecule has 5 nitrogen and oxygen atoms in total. The first kappa shape index (κ1) is 13.1. The van der Waals surface area contributed by atoms with E-state index < -0.39 is 0 Å². The van der Waals surface area contributed by atoms with E-state index in [9.17, 15) is 0 Å². The minimum Gasteiger partial charge on any atom is -0.497 e. The van der Waals surface area contributed by atoms with Gasteiger partial charge in [-0.2, -0.15) is 5.06 Å². The van der Waals surface area contributed by atoms with Crippen molar-refractivity contribution >= 4 is 10.9 Å². The van der Waals surface area contributed by atoms with E-state index in [2.05, 4.69) is 22.2 Å². The zero-order chi connectivity index (χ0) is 14.4. The Labute approximate surface area is 124 Å². The molecule has 0 amide bonds. The molecule has 2 atom stereocenters. The van der Waals surface area contributed by atoms with Crippen LogP contribution < -0.4 is 10.5 Å². The molecule has 0 spiro atoms. The van der Waals surface area contributed by atoms with E-state index >= 15 is 0 Å². The summed E-state index contributed by atoms with van der Waals surface area (Å²) in [5, 5.41) is 3.33. The van der Waals surface area contributed by atoms with E-state index in [0.29, 0.717) is 0 Å². The Morgan fingerprint density at radius 2 is 2.33 bits per heavy atom. The first-order valence-corrected chi connectivity index (χ1v) is 7.61. The Morgan fingerprint density at radius 1 is 1.43 bits per heavy atom. The van der Waals surface area contributed by atoms with Crippen LogP contribution in [-0.2, 0) is 11.3 Å². The van der Waals surface area contributed by atoms with Gasteiger partial charge in [0.05, 0.1) is 19.8 Å². The lowest BCUT2D eigenvalue weighted by molar-refractivity contribution is -0.187. The second kappa shape index (κ2) is 5.02. The largest absolute Gasteiger partial charge is 0.497 e. The van der Waals surface area contributed by atoms with Gasteiger partial charge in [-0.25, -0.2) is 0 Å². The lowest BCUT2D eigenvalue weighted by Crippen LogP contribution is -2.43. The van der Waals surface area contributed by atoms with Crippen LogP contribution >= 0.6 is 0 Å². The molecule has 1 aromatic carbocycles. The highest BCUT2D eigenvalue weighted by atomic mass is 16.7. The number of benzene rings is 1. The molecule has 2 aromatic rings. The zero-order valence-electron chi connectivity index (χ0n) is 12.3. The maximum Gasteiger partial charge on any atom is 0.119 e. The summed E-state index contributed by atoms with van der Waals surface area (Å²) >= 11 is 0. The summed E-state index contributed by atoms with van der Waals surface area (Å²) in [5.74, 6) is 0.896. The smallest absolute Gasteiger partial charge is 0.119 e. The summed E-state index contributed by atoms with van der Waals surface area (Å²) in [4.78, 5) is 9.45. The molecule has 0 bridgehead atoms. The van der Waals surface area contributed by atoms with E-state index in [0.717, 1.165) is 43.7 Å². The van der Waals surface area contributed by atoms with Crippen LogP contribution in [-0.4, -0.2) is 36.4 Å². The number of hydrogen-bond donors (Lipinski definition) is 2. The first-order chi connectivity index (χ1) is 10.3. The average molecular weight is 287 g/mol. The van der Waals surface area contributed by atoms with Crippen molar-refractivity contribution in [3.8, 4) is 5.75 Å². The number of aromatic nitrogens is 1. The quantitative estimate of drug-likeness (QED) is 0.843. The number of rotatable bonds is 1. The van der Waals surface area contributed by atoms with Crippen molar-refractivity contribution < 1.29 is 9.57 Å². The Hall–Kier alpha value is -1.56. The summed E-state index contributed by atoms with van der Waals surface area (Å²) in [6.45, 7) is 1.67. The summed E-state index contributed by atoms with van der Waals surface area (Å²) in [6, 6.07) is 6.44. The molecule has 2 aliphatic rings. The Morgan fingerprint density at radius 3 is 3.19 bits per heavy atom. The van der Waals surface area contributed by atoms with Crippen LogP contribution in [0.3, 0.4) is 0 Å². The van der Waals surface area contributed by atoms with Crippen LogP contribution in [0.15, 0.2) is 18.2 Å². The maximum absolute atomic E-state index is 6.42. The fourth-order valence-electron chi connectivity index (χ4n) is 3.63. The number of hydroxylamine groups is 2. The molecule has 5 heteroatoms. The summed E-state index contributed by atoms with van der Waals surface area (Å²) in [6.07, 6.45) is 3.00. The number of aromatic amines is 1. The predicted octanol–water partition coefficient (Wildman–Crippen LogP) is 2.13. The summed E-state index contributed by atoms with van der Waals surface area (Å²) in [7, 11) is 1.71. The van der Waals surface area contributed by atoms with E-state index in [1.54, 1.807) is 7.11 Å². The molecule has 1 saturated heterocycles. The van der Waals surface area contributed by atoms with Gasteiger partial charge in [-0.15, -0.1) is 0 Å².